The van der Waals surface area contributed by atoms with Gasteiger partial charge in [-0.3, -0.25) is 0 Å². The summed E-state index contributed by atoms with van der Waals surface area (Å²) in [4.78, 5) is 0. The monoisotopic (exact) mass is 403 g/mol. The Labute approximate surface area is 156 Å². The Morgan fingerprint density at radius 3 is 2.36 bits per heavy atom. The molecule has 8 heteroatoms. The third kappa shape index (κ3) is 4.57. The SMILES string of the molecule is CS(=O)(=O)[N-]c1ccccc1N=Nc1c(O)ccc2ccccc12.[Cu+]. The zero-order chi connectivity index (χ0) is 17.2. The summed E-state index contributed by atoms with van der Waals surface area (Å²) < 4.78 is 26.4. The largest absolute Gasteiger partial charge is 1.00 e. The average molecular weight is 404 g/mol. The molecule has 0 aliphatic heterocycles. The van der Waals surface area contributed by atoms with Crippen LogP contribution in [0.1, 0.15) is 0 Å². The van der Waals surface area contributed by atoms with Crippen LogP contribution < -0.4 is 0 Å². The van der Waals surface area contributed by atoms with Gasteiger partial charge in [-0.1, -0.05) is 48.5 Å². The summed E-state index contributed by atoms with van der Waals surface area (Å²) in [5.74, 6) is -0.00465. The Hall–Kier alpha value is -2.41. The van der Waals surface area contributed by atoms with Gasteiger partial charge in [0.25, 0.3) is 0 Å². The summed E-state index contributed by atoms with van der Waals surface area (Å²) in [5.41, 5.74) is 0.820. The van der Waals surface area contributed by atoms with E-state index in [2.05, 4.69) is 15.0 Å². The minimum atomic E-state index is -3.55. The summed E-state index contributed by atoms with van der Waals surface area (Å²) in [6.07, 6.45) is 1.01. The Morgan fingerprint density at radius 2 is 1.60 bits per heavy atom. The molecule has 0 aliphatic rings. The van der Waals surface area contributed by atoms with Crippen molar-refractivity contribution in [1.29, 1.82) is 0 Å². The molecule has 0 aromatic heterocycles. The predicted molar refractivity (Wildman–Crippen MR) is 94.1 cm³/mol. The van der Waals surface area contributed by atoms with Gasteiger partial charge in [0.2, 0.25) is 0 Å². The molecule has 0 saturated heterocycles. The number of sulfonamides is 1. The van der Waals surface area contributed by atoms with Crippen molar-refractivity contribution >= 4 is 37.9 Å². The molecule has 0 heterocycles. The van der Waals surface area contributed by atoms with Gasteiger partial charge < -0.3 is 9.83 Å². The van der Waals surface area contributed by atoms with Crippen molar-refractivity contribution in [3.63, 3.8) is 0 Å². The molecule has 25 heavy (non-hydrogen) atoms. The Morgan fingerprint density at radius 1 is 0.920 bits per heavy atom. The number of benzene rings is 3. The number of hydrogen-bond acceptors (Lipinski definition) is 5. The van der Waals surface area contributed by atoms with Crippen LogP contribution in [0.5, 0.6) is 5.75 Å². The molecule has 0 saturated carbocycles. The zero-order valence-electron chi connectivity index (χ0n) is 13.1. The first kappa shape index (κ1) is 18.9. The molecule has 3 aromatic rings. The molecule has 0 spiro atoms. The molecule has 0 radical (unpaired) electrons. The smallest absolute Gasteiger partial charge is 0.575 e. The van der Waals surface area contributed by atoms with Crippen molar-refractivity contribution in [2.75, 3.05) is 6.26 Å². The standard InChI is InChI=1S/C17H14N3O3S.Cu/c1-24(22,23)20-15-9-5-4-8-14(15)18-19-17-13-7-3-2-6-12(13)10-11-16(17)21;/h2-11H,1H3,(H-,18,19,20,21);/q-1;+1. The van der Waals surface area contributed by atoms with Crippen LogP contribution in [0, 0.1) is 0 Å². The minimum Gasteiger partial charge on any atom is -0.575 e. The van der Waals surface area contributed by atoms with E-state index in [9.17, 15) is 13.5 Å². The van der Waals surface area contributed by atoms with Crippen LogP contribution in [0.2, 0.25) is 0 Å². The summed E-state index contributed by atoms with van der Waals surface area (Å²) in [6.45, 7) is 0. The van der Waals surface area contributed by atoms with Crippen LogP contribution in [0.3, 0.4) is 0 Å². The molecule has 0 aliphatic carbocycles. The first-order valence-electron chi connectivity index (χ1n) is 7.08. The fraction of sp³-hybridized carbons (Fsp3) is 0.0588. The van der Waals surface area contributed by atoms with Crippen molar-refractivity contribution < 1.29 is 30.6 Å². The number of azo groups is 1. The summed E-state index contributed by atoms with van der Waals surface area (Å²) in [7, 11) is -3.55. The summed E-state index contributed by atoms with van der Waals surface area (Å²) in [6, 6.07) is 17.3. The van der Waals surface area contributed by atoms with Crippen LogP contribution in [0.15, 0.2) is 70.9 Å². The van der Waals surface area contributed by atoms with E-state index in [4.69, 9.17) is 0 Å². The molecule has 0 amide bonds. The van der Waals surface area contributed by atoms with Crippen LogP contribution in [-0.2, 0) is 27.1 Å². The number of rotatable bonds is 4. The molecular weight excluding hydrogens is 390 g/mol. The van der Waals surface area contributed by atoms with Gasteiger partial charge in [0.05, 0.1) is 15.7 Å². The number of phenols is 1. The summed E-state index contributed by atoms with van der Waals surface area (Å²) in [5, 5.41) is 19.9. The first-order chi connectivity index (χ1) is 11.4. The molecule has 0 bridgehead atoms. The van der Waals surface area contributed by atoms with E-state index in [1.807, 2.05) is 24.3 Å². The molecule has 0 atom stereocenters. The van der Waals surface area contributed by atoms with Crippen molar-refractivity contribution in [2.45, 2.75) is 0 Å². The van der Waals surface area contributed by atoms with Gasteiger partial charge in [0, 0.05) is 11.6 Å². The Kier molecular flexibility index (Phi) is 5.79. The average Bonchev–Trinajstić information content (AvgIpc) is 2.54. The van der Waals surface area contributed by atoms with Crippen LogP contribution in [-0.4, -0.2) is 19.8 Å². The van der Waals surface area contributed by atoms with Crippen LogP contribution in [0.4, 0.5) is 17.1 Å². The van der Waals surface area contributed by atoms with Crippen molar-refractivity contribution in [3.8, 4) is 5.75 Å². The molecule has 6 nitrogen and oxygen atoms in total. The van der Waals surface area contributed by atoms with Crippen LogP contribution in [0.25, 0.3) is 15.5 Å². The quantitative estimate of drug-likeness (QED) is 0.494. The normalized spacial score (nSPS) is 11.4. The fourth-order valence-corrected chi connectivity index (χ4v) is 2.77. The van der Waals surface area contributed by atoms with Gasteiger partial charge in [-0.2, -0.15) is 5.11 Å². The maximum atomic E-state index is 11.4. The van der Waals surface area contributed by atoms with E-state index in [-0.39, 0.29) is 28.5 Å². The Bertz CT molecular complexity index is 1040. The van der Waals surface area contributed by atoms with Gasteiger partial charge in [-0.25, -0.2) is 8.42 Å². The maximum Gasteiger partial charge on any atom is 1.00 e. The van der Waals surface area contributed by atoms with Gasteiger partial charge in [0.1, 0.15) is 11.4 Å². The topological polar surface area (TPSA) is 93.2 Å². The number of aromatic hydroxyl groups is 1. The predicted octanol–water partition coefficient (Wildman–Crippen LogP) is 4.92. The van der Waals surface area contributed by atoms with Gasteiger partial charge in [0.15, 0.2) is 0 Å². The molecule has 1 N–H and O–H groups in total. The van der Waals surface area contributed by atoms with Crippen LogP contribution >= 0.6 is 0 Å². The third-order valence-corrected chi connectivity index (χ3v) is 3.81. The molecule has 0 fully saturated rings. The summed E-state index contributed by atoms with van der Waals surface area (Å²) >= 11 is 0. The second-order valence-corrected chi connectivity index (χ2v) is 6.82. The van der Waals surface area contributed by atoms with Crippen molar-refractivity contribution in [3.05, 3.63) is 65.4 Å². The van der Waals surface area contributed by atoms with Crippen molar-refractivity contribution in [2.24, 2.45) is 10.2 Å². The van der Waals surface area contributed by atoms with Gasteiger partial charge >= 0.3 is 17.1 Å². The molecule has 3 aromatic carbocycles. The second kappa shape index (κ2) is 7.65. The number of phenolic OH excluding ortho intramolecular Hbond substituents is 1. The minimum absolute atomic E-state index is 0. The number of nitrogens with zero attached hydrogens (tertiary/aromatic N) is 3. The van der Waals surface area contributed by atoms with E-state index < -0.39 is 10.0 Å². The van der Waals surface area contributed by atoms with E-state index in [0.717, 1.165) is 17.0 Å². The molecule has 3 rings (SSSR count). The first-order valence-corrected chi connectivity index (χ1v) is 8.93. The van der Waals surface area contributed by atoms with Gasteiger partial charge in [-0.15, -0.1) is 10.8 Å². The molecule has 132 valence electrons. The number of hydrogen-bond donors (Lipinski definition) is 1. The third-order valence-electron chi connectivity index (χ3n) is 3.28. The van der Waals surface area contributed by atoms with Crippen molar-refractivity contribution in [1.82, 2.24) is 0 Å². The Balaban J connectivity index is 0.00000225. The molecule has 0 unspecified atom stereocenters. The van der Waals surface area contributed by atoms with E-state index in [0.29, 0.717) is 11.4 Å². The molecular formula is C17H14CuN3O3S. The maximum absolute atomic E-state index is 11.4. The second-order valence-electron chi connectivity index (χ2n) is 5.17. The fourth-order valence-electron chi connectivity index (χ4n) is 2.26. The van der Waals surface area contributed by atoms with Gasteiger partial charge in [-0.05, 0) is 17.5 Å². The zero-order valence-corrected chi connectivity index (χ0v) is 14.8. The van der Waals surface area contributed by atoms with E-state index in [1.165, 1.54) is 0 Å². The van der Waals surface area contributed by atoms with E-state index >= 15 is 0 Å². The number of fused-ring (bicyclic) bond motifs is 1. The van der Waals surface area contributed by atoms with E-state index in [1.54, 1.807) is 36.4 Å².